The van der Waals surface area contributed by atoms with Gasteiger partial charge < -0.3 is 4.74 Å². The average Bonchev–Trinajstić information content (AvgIpc) is 2.26. The van der Waals surface area contributed by atoms with Gasteiger partial charge in [-0.3, -0.25) is 0 Å². The summed E-state index contributed by atoms with van der Waals surface area (Å²) >= 11 is 5.05. The van der Waals surface area contributed by atoms with Crippen LogP contribution in [0.25, 0.3) is 0 Å². The minimum Gasteiger partial charge on any atom is -0.449 e. The van der Waals surface area contributed by atoms with Crippen LogP contribution in [0.2, 0.25) is 0 Å². The molecule has 0 heterocycles. The van der Waals surface area contributed by atoms with E-state index in [0.29, 0.717) is 18.2 Å². The molecular formula is C8H12ClO2P. The van der Waals surface area contributed by atoms with Gasteiger partial charge in [0, 0.05) is 11.6 Å². The standard InChI is InChI=1S/C8H12ClO2P/c1-5-2-7(12)3-6(5)4-11-8(9)10/h3,5,7H,2,4,12H2,1H3. The summed E-state index contributed by atoms with van der Waals surface area (Å²) in [6.07, 6.45) is 3.23. The van der Waals surface area contributed by atoms with E-state index in [2.05, 4.69) is 22.2 Å². The Hall–Kier alpha value is -0.0700. The van der Waals surface area contributed by atoms with Crippen molar-refractivity contribution in [2.45, 2.75) is 19.0 Å². The van der Waals surface area contributed by atoms with Gasteiger partial charge in [-0.05, 0) is 23.6 Å². The summed E-state index contributed by atoms with van der Waals surface area (Å²) in [4.78, 5) is 10.3. The lowest BCUT2D eigenvalue weighted by molar-refractivity contribution is 0.181. The van der Waals surface area contributed by atoms with Crippen LogP contribution in [0.3, 0.4) is 0 Å². The molecule has 1 rings (SSSR count). The highest BCUT2D eigenvalue weighted by Crippen LogP contribution is 2.30. The molecule has 2 nitrogen and oxygen atoms in total. The molecule has 12 heavy (non-hydrogen) atoms. The van der Waals surface area contributed by atoms with Gasteiger partial charge in [0.1, 0.15) is 6.61 Å². The minimum atomic E-state index is -0.727. The summed E-state index contributed by atoms with van der Waals surface area (Å²) in [5.41, 5.74) is 0.961. The monoisotopic (exact) mass is 206 g/mol. The quantitative estimate of drug-likeness (QED) is 0.394. The van der Waals surface area contributed by atoms with E-state index in [1.54, 1.807) is 0 Å². The van der Waals surface area contributed by atoms with Crippen LogP contribution < -0.4 is 0 Å². The highest BCUT2D eigenvalue weighted by Gasteiger charge is 2.20. The predicted octanol–water partition coefficient (Wildman–Crippen LogP) is 2.57. The molecule has 3 atom stereocenters. The van der Waals surface area contributed by atoms with Crippen molar-refractivity contribution in [2.75, 3.05) is 6.61 Å². The van der Waals surface area contributed by atoms with Crippen LogP contribution in [0, 0.1) is 5.92 Å². The van der Waals surface area contributed by atoms with Gasteiger partial charge in [-0.15, -0.1) is 9.24 Å². The number of ether oxygens (including phenoxy) is 1. The van der Waals surface area contributed by atoms with Gasteiger partial charge in [0.05, 0.1) is 0 Å². The molecule has 0 radical (unpaired) electrons. The van der Waals surface area contributed by atoms with Crippen LogP contribution in [-0.4, -0.2) is 17.7 Å². The van der Waals surface area contributed by atoms with Gasteiger partial charge in [0.25, 0.3) is 0 Å². The first-order chi connectivity index (χ1) is 5.59. The molecule has 68 valence electrons. The van der Waals surface area contributed by atoms with Gasteiger partial charge in [-0.1, -0.05) is 13.0 Å². The molecule has 0 N–H and O–H groups in total. The van der Waals surface area contributed by atoms with E-state index in [9.17, 15) is 4.79 Å². The zero-order chi connectivity index (χ0) is 9.14. The maximum atomic E-state index is 10.3. The molecule has 0 aromatic rings. The topological polar surface area (TPSA) is 26.3 Å². The number of rotatable bonds is 2. The van der Waals surface area contributed by atoms with Crippen LogP contribution in [0.15, 0.2) is 11.6 Å². The molecule has 0 bridgehead atoms. The Labute approximate surface area is 79.5 Å². The van der Waals surface area contributed by atoms with E-state index in [-0.39, 0.29) is 0 Å². The van der Waals surface area contributed by atoms with E-state index >= 15 is 0 Å². The number of halogens is 1. The molecule has 0 fully saturated rings. The maximum absolute atomic E-state index is 10.3. The molecular weight excluding hydrogens is 195 g/mol. The fraction of sp³-hybridized carbons (Fsp3) is 0.625. The second-order valence-corrected chi connectivity index (χ2v) is 4.23. The van der Waals surface area contributed by atoms with Gasteiger partial charge >= 0.3 is 5.43 Å². The Morgan fingerprint density at radius 1 is 1.92 bits per heavy atom. The minimum absolute atomic E-state index is 0.342. The van der Waals surface area contributed by atoms with Gasteiger partial charge in [-0.25, -0.2) is 4.79 Å². The summed E-state index contributed by atoms with van der Waals surface area (Å²) in [5, 5.41) is 0. The summed E-state index contributed by atoms with van der Waals surface area (Å²) in [7, 11) is 2.74. The third-order valence-electron chi connectivity index (χ3n) is 2.04. The molecule has 0 aromatic heterocycles. The lowest BCUT2D eigenvalue weighted by atomic mass is 10.1. The largest absolute Gasteiger partial charge is 0.449 e. The van der Waals surface area contributed by atoms with Crippen LogP contribution in [0.1, 0.15) is 13.3 Å². The summed E-state index contributed by atoms with van der Waals surface area (Å²) in [6.45, 7) is 2.46. The zero-order valence-corrected chi connectivity index (χ0v) is 8.83. The van der Waals surface area contributed by atoms with Crippen LogP contribution >= 0.6 is 20.8 Å². The van der Waals surface area contributed by atoms with Gasteiger partial charge in [0.2, 0.25) is 0 Å². The van der Waals surface area contributed by atoms with Crippen LogP contribution in [0.4, 0.5) is 4.79 Å². The summed E-state index contributed by atoms with van der Waals surface area (Å²) in [5.74, 6) is 0.503. The van der Waals surface area contributed by atoms with Crippen molar-refractivity contribution < 1.29 is 9.53 Å². The number of hydrogen-bond donors (Lipinski definition) is 0. The molecule has 0 amide bonds. The van der Waals surface area contributed by atoms with Crippen molar-refractivity contribution in [1.29, 1.82) is 0 Å². The molecule has 0 saturated carbocycles. The van der Waals surface area contributed by atoms with E-state index < -0.39 is 5.43 Å². The Kier molecular flexibility index (Phi) is 3.54. The van der Waals surface area contributed by atoms with Crippen molar-refractivity contribution in [3.8, 4) is 0 Å². The molecule has 4 heteroatoms. The molecule has 1 aliphatic rings. The first kappa shape index (κ1) is 10.0. The smallest absolute Gasteiger partial charge is 0.404 e. The predicted molar refractivity (Wildman–Crippen MR) is 52.6 cm³/mol. The molecule has 1 aliphatic carbocycles. The lowest BCUT2D eigenvalue weighted by Gasteiger charge is -2.07. The van der Waals surface area contributed by atoms with E-state index in [1.165, 1.54) is 5.57 Å². The highest BCUT2D eigenvalue weighted by molar-refractivity contribution is 7.18. The van der Waals surface area contributed by atoms with E-state index in [1.807, 2.05) is 0 Å². The first-order valence-corrected chi connectivity index (χ1v) is 4.92. The normalized spacial score (nSPS) is 28.4. The molecule has 3 unspecified atom stereocenters. The van der Waals surface area contributed by atoms with Gasteiger partial charge in [-0.2, -0.15) is 0 Å². The first-order valence-electron chi connectivity index (χ1n) is 3.88. The number of allylic oxidation sites excluding steroid dienone is 1. The molecule has 0 aliphatic heterocycles. The van der Waals surface area contributed by atoms with Crippen molar-refractivity contribution >= 4 is 26.3 Å². The summed E-state index contributed by atoms with van der Waals surface area (Å²) in [6, 6.07) is 0. The van der Waals surface area contributed by atoms with E-state index in [0.717, 1.165) is 6.42 Å². The SMILES string of the molecule is CC1CC(P)C=C1COC(=O)Cl. The van der Waals surface area contributed by atoms with Crippen LogP contribution in [-0.2, 0) is 4.74 Å². The third kappa shape index (κ3) is 2.76. The van der Waals surface area contributed by atoms with Gasteiger partial charge in [0.15, 0.2) is 0 Å². The van der Waals surface area contributed by atoms with Crippen molar-refractivity contribution in [3.63, 3.8) is 0 Å². The Balaban J connectivity index is 2.41. The second-order valence-electron chi connectivity index (χ2n) is 3.07. The fourth-order valence-corrected chi connectivity index (χ4v) is 2.11. The van der Waals surface area contributed by atoms with Crippen molar-refractivity contribution in [2.24, 2.45) is 5.92 Å². The average molecular weight is 207 g/mol. The summed E-state index contributed by atoms with van der Waals surface area (Å²) < 4.78 is 4.69. The van der Waals surface area contributed by atoms with Crippen molar-refractivity contribution in [3.05, 3.63) is 11.6 Å². The molecule has 0 spiro atoms. The number of carbonyl (C=O) groups excluding carboxylic acids is 1. The molecule has 0 saturated heterocycles. The number of carbonyl (C=O) groups is 1. The fourth-order valence-electron chi connectivity index (χ4n) is 1.40. The zero-order valence-electron chi connectivity index (χ0n) is 6.92. The maximum Gasteiger partial charge on any atom is 0.404 e. The highest BCUT2D eigenvalue weighted by atomic mass is 35.5. The van der Waals surface area contributed by atoms with Crippen molar-refractivity contribution in [1.82, 2.24) is 0 Å². The Morgan fingerprint density at radius 2 is 2.58 bits per heavy atom. The Morgan fingerprint density at radius 3 is 3.00 bits per heavy atom. The lowest BCUT2D eigenvalue weighted by Crippen LogP contribution is -2.04. The van der Waals surface area contributed by atoms with Crippen LogP contribution in [0.5, 0.6) is 0 Å². The van der Waals surface area contributed by atoms with E-state index in [4.69, 9.17) is 16.3 Å². The second kappa shape index (κ2) is 4.25. The Bertz CT molecular complexity index is 215. The number of hydrogen-bond acceptors (Lipinski definition) is 2. The molecule has 0 aromatic carbocycles. The third-order valence-corrected chi connectivity index (χ3v) is 2.61.